The molecule has 4 nitrogen and oxygen atoms in total. The topological polar surface area (TPSA) is 30.9 Å². The Labute approximate surface area is 149 Å². The van der Waals surface area contributed by atoms with Crippen LogP contribution in [-0.2, 0) is 0 Å². The van der Waals surface area contributed by atoms with Gasteiger partial charge >= 0.3 is 0 Å². The maximum absolute atomic E-state index is 13.4. The number of anilines is 1. The van der Waals surface area contributed by atoms with Crippen LogP contribution in [0.15, 0.2) is 35.8 Å². The monoisotopic (exact) mass is 350 g/mol. The van der Waals surface area contributed by atoms with Crippen LogP contribution in [0.1, 0.15) is 19.3 Å². The summed E-state index contributed by atoms with van der Waals surface area (Å²) in [7, 11) is 3.81. The molecule has 1 aliphatic rings. The molecule has 1 aromatic rings. The fourth-order valence-electron chi connectivity index (χ4n) is 3.11. The highest BCUT2D eigenvalue weighted by Gasteiger charge is 2.23. The SMILES string of the molecule is C=CCCCN(C)C(=NC)NCC1CCN(c2ccc(F)c(F)c2)C1. The fourth-order valence-corrected chi connectivity index (χ4v) is 3.11. The van der Waals surface area contributed by atoms with Crippen LogP contribution >= 0.6 is 0 Å². The first-order valence-corrected chi connectivity index (χ1v) is 8.77. The standard InChI is InChI=1S/C19H28F2N4/c1-4-5-6-10-24(3)19(22-2)23-13-15-9-11-25(14-15)16-7-8-17(20)18(21)12-16/h4,7-8,12,15H,1,5-6,9-11,13-14H2,2-3H3,(H,22,23). The third-order valence-corrected chi connectivity index (χ3v) is 4.58. The molecule has 2 rings (SSSR count). The summed E-state index contributed by atoms with van der Waals surface area (Å²) in [6.45, 7) is 7.17. The van der Waals surface area contributed by atoms with Crippen molar-refractivity contribution in [2.24, 2.45) is 10.9 Å². The maximum Gasteiger partial charge on any atom is 0.193 e. The van der Waals surface area contributed by atoms with Crippen molar-refractivity contribution in [2.75, 3.05) is 45.2 Å². The molecule has 0 bridgehead atoms. The molecule has 1 atom stereocenters. The number of guanidine groups is 1. The number of hydrogen-bond donors (Lipinski definition) is 1. The van der Waals surface area contributed by atoms with Gasteiger partial charge in [0.25, 0.3) is 0 Å². The molecule has 138 valence electrons. The van der Waals surface area contributed by atoms with Crippen molar-refractivity contribution in [3.63, 3.8) is 0 Å². The van der Waals surface area contributed by atoms with Crippen LogP contribution in [0.5, 0.6) is 0 Å². The van der Waals surface area contributed by atoms with Crippen molar-refractivity contribution in [2.45, 2.75) is 19.3 Å². The van der Waals surface area contributed by atoms with E-state index in [1.165, 1.54) is 12.1 Å². The third-order valence-electron chi connectivity index (χ3n) is 4.58. The van der Waals surface area contributed by atoms with Crippen LogP contribution in [0.2, 0.25) is 0 Å². The van der Waals surface area contributed by atoms with E-state index in [2.05, 4.69) is 26.7 Å². The average Bonchev–Trinajstić information content (AvgIpc) is 3.07. The van der Waals surface area contributed by atoms with Crippen LogP contribution in [0.25, 0.3) is 0 Å². The summed E-state index contributed by atoms with van der Waals surface area (Å²) in [4.78, 5) is 8.55. The van der Waals surface area contributed by atoms with Crippen molar-refractivity contribution in [1.82, 2.24) is 10.2 Å². The molecule has 1 N–H and O–H groups in total. The summed E-state index contributed by atoms with van der Waals surface area (Å²) in [6.07, 6.45) is 4.99. The van der Waals surface area contributed by atoms with E-state index in [0.29, 0.717) is 5.92 Å². The van der Waals surface area contributed by atoms with Crippen LogP contribution < -0.4 is 10.2 Å². The molecule has 0 aromatic heterocycles. The van der Waals surface area contributed by atoms with Crippen molar-refractivity contribution in [3.8, 4) is 0 Å². The molecule has 1 unspecified atom stereocenters. The molecule has 25 heavy (non-hydrogen) atoms. The summed E-state index contributed by atoms with van der Waals surface area (Å²) in [6, 6.07) is 4.11. The Bertz CT molecular complexity index is 603. The molecule has 0 spiro atoms. The third kappa shape index (κ3) is 5.44. The first-order valence-electron chi connectivity index (χ1n) is 8.77. The zero-order chi connectivity index (χ0) is 18.2. The van der Waals surface area contributed by atoms with E-state index in [1.807, 2.05) is 13.1 Å². The highest BCUT2D eigenvalue weighted by atomic mass is 19.2. The van der Waals surface area contributed by atoms with Gasteiger partial charge in [-0.25, -0.2) is 8.78 Å². The summed E-state index contributed by atoms with van der Waals surface area (Å²) in [5.41, 5.74) is 0.743. The second kappa shape index (κ2) is 9.39. The lowest BCUT2D eigenvalue weighted by molar-refractivity contribution is 0.458. The number of nitrogens with zero attached hydrogens (tertiary/aromatic N) is 3. The average molecular weight is 350 g/mol. The van der Waals surface area contributed by atoms with Gasteiger partial charge in [0.1, 0.15) is 0 Å². The molecular weight excluding hydrogens is 322 g/mol. The van der Waals surface area contributed by atoms with E-state index in [9.17, 15) is 8.78 Å². The highest BCUT2D eigenvalue weighted by molar-refractivity contribution is 5.79. The largest absolute Gasteiger partial charge is 0.371 e. The van der Waals surface area contributed by atoms with Crippen LogP contribution in [0, 0.1) is 17.6 Å². The van der Waals surface area contributed by atoms with Crippen molar-refractivity contribution >= 4 is 11.6 Å². The molecule has 1 aromatic carbocycles. The molecule has 1 aliphatic heterocycles. The Kier molecular flexibility index (Phi) is 7.22. The molecule has 0 amide bonds. The predicted molar refractivity (Wildman–Crippen MR) is 100 cm³/mol. The summed E-state index contributed by atoms with van der Waals surface area (Å²) >= 11 is 0. The van der Waals surface area contributed by atoms with E-state index in [-0.39, 0.29) is 0 Å². The van der Waals surface area contributed by atoms with E-state index < -0.39 is 11.6 Å². The molecule has 1 heterocycles. The van der Waals surface area contributed by atoms with E-state index in [0.717, 1.165) is 57.1 Å². The number of nitrogens with one attached hydrogen (secondary N) is 1. The first kappa shape index (κ1) is 19.2. The molecule has 6 heteroatoms. The van der Waals surface area contributed by atoms with E-state index >= 15 is 0 Å². The molecular formula is C19H28F2N4. The van der Waals surface area contributed by atoms with Gasteiger partial charge in [0, 0.05) is 52.0 Å². The number of unbranched alkanes of at least 4 members (excludes halogenated alkanes) is 1. The van der Waals surface area contributed by atoms with Crippen molar-refractivity contribution < 1.29 is 8.78 Å². The molecule has 1 saturated heterocycles. The molecule has 1 fully saturated rings. The Morgan fingerprint density at radius 1 is 1.44 bits per heavy atom. The van der Waals surface area contributed by atoms with E-state index in [1.54, 1.807) is 13.1 Å². The summed E-state index contributed by atoms with van der Waals surface area (Å²) in [5, 5.41) is 3.42. The van der Waals surface area contributed by atoms with Gasteiger partial charge in [0.2, 0.25) is 0 Å². The van der Waals surface area contributed by atoms with Gasteiger partial charge in [-0.3, -0.25) is 4.99 Å². The van der Waals surface area contributed by atoms with E-state index in [4.69, 9.17) is 0 Å². The maximum atomic E-state index is 13.4. The number of halogens is 2. The number of benzene rings is 1. The van der Waals surface area contributed by atoms with Crippen molar-refractivity contribution in [1.29, 1.82) is 0 Å². The molecule has 0 saturated carbocycles. The zero-order valence-electron chi connectivity index (χ0n) is 15.1. The lowest BCUT2D eigenvalue weighted by Crippen LogP contribution is -2.41. The minimum atomic E-state index is -0.801. The van der Waals surface area contributed by atoms with Gasteiger partial charge in [0.05, 0.1) is 0 Å². The Hall–Kier alpha value is -2.11. The zero-order valence-corrected chi connectivity index (χ0v) is 15.1. The predicted octanol–water partition coefficient (Wildman–Crippen LogP) is 3.26. The normalized spacial score (nSPS) is 17.7. The Morgan fingerprint density at radius 2 is 2.24 bits per heavy atom. The summed E-state index contributed by atoms with van der Waals surface area (Å²) < 4.78 is 26.5. The Morgan fingerprint density at radius 3 is 2.92 bits per heavy atom. The van der Waals surface area contributed by atoms with Gasteiger partial charge in [-0.2, -0.15) is 0 Å². The van der Waals surface area contributed by atoms with Gasteiger partial charge in [-0.05, 0) is 37.3 Å². The quantitative estimate of drug-likeness (QED) is 0.354. The van der Waals surface area contributed by atoms with Crippen LogP contribution in [-0.4, -0.2) is 51.1 Å². The van der Waals surface area contributed by atoms with Crippen LogP contribution in [0.3, 0.4) is 0 Å². The van der Waals surface area contributed by atoms with Crippen LogP contribution in [0.4, 0.5) is 14.5 Å². The first-order chi connectivity index (χ1) is 12.0. The minimum absolute atomic E-state index is 0.450. The second-order valence-corrected chi connectivity index (χ2v) is 6.48. The van der Waals surface area contributed by atoms with Gasteiger partial charge in [-0.1, -0.05) is 6.08 Å². The van der Waals surface area contributed by atoms with Crippen molar-refractivity contribution in [3.05, 3.63) is 42.5 Å². The lowest BCUT2D eigenvalue weighted by Gasteiger charge is -2.23. The fraction of sp³-hybridized carbons (Fsp3) is 0.526. The highest BCUT2D eigenvalue weighted by Crippen LogP contribution is 2.25. The summed E-state index contributed by atoms with van der Waals surface area (Å²) in [5.74, 6) is -0.258. The second-order valence-electron chi connectivity index (χ2n) is 6.48. The minimum Gasteiger partial charge on any atom is -0.371 e. The van der Waals surface area contributed by atoms with Gasteiger partial charge < -0.3 is 15.1 Å². The van der Waals surface area contributed by atoms with Gasteiger partial charge in [-0.15, -0.1) is 6.58 Å². The number of aliphatic imine (C=N–C) groups is 1. The number of allylic oxidation sites excluding steroid dienone is 1. The number of rotatable bonds is 7. The molecule has 0 aliphatic carbocycles. The smallest absolute Gasteiger partial charge is 0.193 e. The number of hydrogen-bond acceptors (Lipinski definition) is 2. The molecule has 0 radical (unpaired) electrons. The van der Waals surface area contributed by atoms with Gasteiger partial charge in [0.15, 0.2) is 17.6 Å². The Balaban J connectivity index is 1.81. The lowest BCUT2D eigenvalue weighted by atomic mass is 10.1.